The minimum absolute atomic E-state index is 0.112. The van der Waals surface area contributed by atoms with Gasteiger partial charge >= 0.3 is 0 Å². The molecular weight excluding hydrogens is 358 g/mol. The van der Waals surface area contributed by atoms with Gasteiger partial charge in [-0.25, -0.2) is 19.3 Å². The number of hydrogen-bond donors (Lipinski definition) is 1. The van der Waals surface area contributed by atoms with Crippen molar-refractivity contribution in [2.75, 3.05) is 18.5 Å². The maximum atomic E-state index is 12.5. The van der Waals surface area contributed by atoms with E-state index in [1.807, 2.05) is 19.1 Å². The SMILES string of the molecule is Cc1cc(NC2COCC2n2nc(-n3cccn3)ccc2=O)nc(C2CC2)n1. The second kappa shape index (κ2) is 6.83. The van der Waals surface area contributed by atoms with Gasteiger partial charge < -0.3 is 10.1 Å². The molecule has 2 aliphatic rings. The normalized spacial score (nSPS) is 21.8. The second-order valence-corrected chi connectivity index (χ2v) is 7.31. The predicted octanol–water partition coefficient (Wildman–Crippen LogP) is 1.46. The molecule has 0 amide bonds. The summed E-state index contributed by atoms with van der Waals surface area (Å²) in [5, 5.41) is 12.1. The largest absolute Gasteiger partial charge is 0.377 e. The molecule has 1 saturated heterocycles. The Morgan fingerprint density at radius 3 is 2.89 bits per heavy atom. The zero-order valence-electron chi connectivity index (χ0n) is 15.5. The molecule has 28 heavy (non-hydrogen) atoms. The minimum Gasteiger partial charge on any atom is -0.377 e. The Kier molecular flexibility index (Phi) is 4.16. The highest BCUT2D eigenvalue weighted by Crippen LogP contribution is 2.38. The van der Waals surface area contributed by atoms with Crippen LogP contribution in [-0.4, -0.2) is 48.8 Å². The van der Waals surface area contributed by atoms with Gasteiger partial charge in [0, 0.05) is 36.1 Å². The summed E-state index contributed by atoms with van der Waals surface area (Å²) in [6, 6.07) is 6.58. The van der Waals surface area contributed by atoms with E-state index in [1.165, 1.54) is 10.7 Å². The number of aromatic nitrogens is 6. The van der Waals surface area contributed by atoms with Gasteiger partial charge in [0.2, 0.25) is 0 Å². The van der Waals surface area contributed by atoms with E-state index < -0.39 is 0 Å². The Balaban J connectivity index is 1.43. The van der Waals surface area contributed by atoms with Gasteiger partial charge in [-0.3, -0.25) is 4.79 Å². The molecule has 3 aromatic rings. The maximum Gasteiger partial charge on any atom is 0.267 e. The highest BCUT2D eigenvalue weighted by atomic mass is 16.5. The molecule has 1 N–H and O–H groups in total. The van der Waals surface area contributed by atoms with Crippen molar-refractivity contribution in [2.45, 2.75) is 37.8 Å². The summed E-state index contributed by atoms with van der Waals surface area (Å²) in [6.45, 7) is 2.86. The first-order valence-corrected chi connectivity index (χ1v) is 9.47. The second-order valence-electron chi connectivity index (χ2n) is 7.31. The van der Waals surface area contributed by atoms with E-state index >= 15 is 0 Å². The van der Waals surface area contributed by atoms with Gasteiger partial charge in [-0.15, -0.1) is 5.10 Å². The van der Waals surface area contributed by atoms with Crippen LogP contribution in [0.25, 0.3) is 5.82 Å². The molecule has 0 spiro atoms. The summed E-state index contributed by atoms with van der Waals surface area (Å²) in [6.07, 6.45) is 5.77. The van der Waals surface area contributed by atoms with Gasteiger partial charge in [0.05, 0.1) is 19.3 Å². The van der Waals surface area contributed by atoms with E-state index in [4.69, 9.17) is 4.74 Å². The molecule has 9 nitrogen and oxygen atoms in total. The van der Waals surface area contributed by atoms with Crippen LogP contribution in [0.2, 0.25) is 0 Å². The summed E-state index contributed by atoms with van der Waals surface area (Å²) < 4.78 is 8.79. The highest BCUT2D eigenvalue weighted by Gasteiger charge is 2.33. The van der Waals surface area contributed by atoms with Gasteiger partial charge in [-0.2, -0.15) is 5.10 Å². The minimum atomic E-state index is -0.234. The number of rotatable bonds is 5. The Bertz CT molecular complexity index is 1040. The summed E-state index contributed by atoms with van der Waals surface area (Å²) >= 11 is 0. The summed E-state index contributed by atoms with van der Waals surface area (Å²) in [4.78, 5) is 21.7. The van der Waals surface area contributed by atoms with Crippen LogP contribution < -0.4 is 10.9 Å². The standard InChI is InChI=1S/C19H21N7O2/c1-12-9-16(23-19(21-12)13-3-4-13)22-14-10-28-11-15(14)26-18(27)6-5-17(24-26)25-8-2-7-20-25/h2,5-9,13-15H,3-4,10-11H2,1H3,(H,21,22,23). The zero-order valence-corrected chi connectivity index (χ0v) is 15.5. The van der Waals surface area contributed by atoms with Gasteiger partial charge in [-0.1, -0.05) is 0 Å². The van der Waals surface area contributed by atoms with Crippen LogP contribution in [-0.2, 0) is 4.74 Å². The van der Waals surface area contributed by atoms with E-state index in [0.717, 1.165) is 30.2 Å². The average Bonchev–Trinajstić information content (AvgIpc) is 3.19. The van der Waals surface area contributed by atoms with Crippen molar-refractivity contribution >= 4 is 5.82 Å². The third-order valence-electron chi connectivity index (χ3n) is 5.06. The third kappa shape index (κ3) is 3.29. The van der Waals surface area contributed by atoms with Gasteiger partial charge in [0.15, 0.2) is 5.82 Å². The van der Waals surface area contributed by atoms with E-state index in [1.54, 1.807) is 23.1 Å². The van der Waals surface area contributed by atoms with Crippen LogP contribution >= 0.6 is 0 Å². The number of nitrogens with one attached hydrogen (secondary N) is 1. The van der Waals surface area contributed by atoms with Gasteiger partial charge in [0.25, 0.3) is 5.56 Å². The molecule has 1 aliphatic heterocycles. The monoisotopic (exact) mass is 379 g/mol. The first-order valence-electron chi connectivity index (χ1n) is 9.47. The molecule has 2 atom stereocenters. The lowest BCUT2D eigenvalue weighted by Gasteiger charge is -2.21. The summed E-state index contributed by atoms with van der Waals surface area (Å²) in [5.41, 5.74) is 0.765. The lowest BCUT2D eigenvalue weighted by atomic mass is 10.1. The number of aryl methyl sites for hydroxylation is 1. The quantitative estimate of drug-likeness (QED) is 0.716. The van der Waals surface area contributed by atoms with E-state index in [9.17, 15) is 4.79 Å². The number of nitrogens with zero attached hydrogens (tertiary/aromatic N) is 6. The van der Waals surface area contributed by atoms with Crippen LogP contribution in [0, 0.1) is 6.92 Å². The van der Waals surface area contributed by atoms with Gasteiger partial charge in [-0.05, 0) is 31.9 Å². The molecule has 144 valence electrons. The van der Waals surface area contributed by atoms with E-state index in [2.05, 4.69) is 25.5 Å². The average molecular weight is 379 g/mol. The zero-order chi connectivity index (χ0) is 19.1. The number of ether oxygens (including phenoxy) is 1. The summed E-state index contributed by atoms with van der Waals surface area (Å²) in [5.74, 6) is 2.73. The highest BCUT2D eigenvalue weighted by molar-refractivity contribution is 5.38. The van der Waals surface area contributed by atoms with Crippen LogP contribution in [0.4, 0.5) is 5.82 Å². The van der Waals surface area contributed by atoms with Crippen molar-refractivity contribution in [3.8, 4) is 5.82 Å². The molecule has 5 rings (SSSR count). The topological polar surface area (TPSA) is 99.8 Å². The van der Waals surface area contributed by atoms with Crippen LogP contribution in [0.3, 0.4) is 0 Å². The van der Waals surface area contributed by atoms with Gasteiger partial charge in [0.1, 0.15) is 17.7 Å². The van der Waals surface area contributed by atoms with Crippen LogP contribution in [0.1, 0.15) is 36.3 Å². The molecule has 4 heterocycles. The van der Waals surface area contributed by atoms with E-state index in [0.29, 0.717) is 24.9 Å². The Morgan fingerprint density at radius 1 is 1.21 bits per heavy atom. The molecule has 3 aromatic heterocycles. The van der Waals surface area contributed by atoms with Crippen molar-refractivity contribution < 1.29 is 4.74 Å². The van der Waals surface area contributed by atoms with Crippen molar-refractivity contribution in [1.29, 1.82) is 0 Å². The van der Waals surface area contributed by atoms with Crippen molar-refractivity contribution in [3.63, 3.8) is 0 Å². The fourth-order valence-electron chi connectivity index (χ4n) is 3.48. The molecular formula is C19H21N7O2. The first kappa shape index (κ1) is 17.1. The molecule has 2 fully saturated rings. The smallest absolute Gasteiger partial charge is 0.267 e. The van der Waals surface area contributed by atoms with Crippen molar-refractivity contribution in [3.05, 3.63) is 58.5 Å². The molecule has 9 heteroatoms. The number of anilines is 1. The Labute approximate surface area is 161 Å². The third-order valence-corrected chi connectivity index (χ3v) is 5.06. The molecule has 0 aromatic carbocycles. The van der Waals surface area contributed by atoms with Crippen LogP contribution in [0.5, 0.6) is 0 Å². The lowest BCUT2D eigenvalue weighted by molar-refractivity contribution is 0.182. The first-order chi connectivity index (χ1) is 13.7. The van der Waals surface area contributed by atoms with Crippen molar-refractivity contribution in [2.24, 2.45) is 0 Å². The Morgan fingerprint density at radius 2 is 2.11 bits per heavy atom. The molecule has 0 bridgehead atoms. The maximum absolute atomic E-state index is 12.5. The molecule has 0 radical (unpaired) electrons. The predicted molar refractivity (Wildman–Crippen MR) is 102 cm³/mol. The molecule has 1 aliphatic carbocycles. The Hall–Kier alpha value is -3.07. The van der Waals surface area contributed by atoms with Crippen LogP contribution in [0.15, 0.2) is 41.5 Å². The summed E-state index contributed by atoms with van der Waals surface area (Å²) in [7, 11) is 0. The fourth-order valence-corrected chi connectivity index (χ4v) is 3.48. The molecule has 1 saturated carbocycles. The van der Waals surface area contributed by atoms with E-state index in [-0.39, 0.29) is 17.6 Å². The lowest BCUT2D eigenvalue weighted by Crippen LogP contribution is -2.37. The fraction of sp³-hybridized carbons (Fsp3) is 0.421. The van der Waals surface area contributed by atoms with Crippen molar-refractivity contribution in [1.82, 2.24) is 29.5 Å². The molecule has 2 unspecified atom stereocenters. The number of hydrogen-bond acceptors (Lipinski definition) is 7.